The molecule has 3 aromatic carbocycles. The minimum absolute atomic E-state index is 0.0451. The number of carbonyl (C=O) groups excluding carboxylic acids is 4. The zero-order chi connectivity index (χ0) is 30.5. The first kappa shape index (κ1) is 29.5. The summed E-state index contributed by atoms with van der Waals surface area (Å²) in [6, 6.07) is 19.9. The highest BCUT2D eigenvalue weighted by Crippen LogP contribution is 2.39. The highest BCUT2D eigenvalue weighted by molar-refractivity contribution is 6.37. The van der Waals surface area contributed by atoms with E-state index in [0.29, 0.717) is 58.0 Å². The molecule has 10 heteroatoms. The molecule has 3 amide bonds. The first-order valence-electron chi connectivity index (χ1n) is 14.2. The molecule has 0 atom stereocenters. The molecule has 3 N–H and O–H groups in total. The molecule has 0 unspecified atom stereocenters. The summed E-state index contributed by atoms with van der Waals surface area (Å²) in [4.78, 5) is 54.8. The van der Waals surface area contributed by atoms with E-state index in [1.54, 1.807) is 43.3 Å². The zero-order valence-corrected chi connectivity index (χ0v) is 24.5. The van der Waals surface area contributed by atoms with Crippen LogP contribution in [-0.2, 0) is 14.3 Å². The van der Waals surface area contributed by atoms with Crippen LogP contribution in [0.15, 0.2) is 66.7 Å². The van der Waals surface area contributed by atoms with E-state index in [1.165, 1.54) is 7.11 Å². The molecule has 0 aromatic heterocycles. The van der Waals surface area contributed by atoms with Gasteiger partial charge >= 0.3 is 5.97 Å². The number of nitrogens with one attached hydrogen (secondary N) is 3. The van der Waals surface area contributed by atoms with Crippen molar-refractivity contribution in [1.29, 1.82) is 0 Å². The Labute approximate surface area is 250 Å². The minimum atomic E-state index is -0.473. The van der Waals surface area contributed by atoms with Crippen LogP contribution >= 0.6 is 0 Å². The van der Waals surface area contributed by atoms with Crippen LogP contribution < -0.4 is 16.0 Å². The number of benzene rings is 3. The number of likely N-dealkylation sites (N-methyl/N-ethyl adjacent to an activating group) is 1. The first-order chi connectivity index (χ1) is 20.7. The topological polar surface area (TPSA) is 120 Å². The number of methoxy groups -OCH3 is 1. The highest BCUT2D eigenvalue weighted by atomic mass is 16.5. The van der Waals surface area contributed by atoms with Crippen molar-refractivity contribution in [3.05, 3.63) is 94.5 Å². The molecule has 5 rings (SSSR count). The Morgan fingerprint density at radius 1 is 0.930 bits per heavy atom. The number of amides is 3. The molecule has 1 saturated heterocycles. The summed E-state index contributed by atoms with van der Waals surface area (Å²) in [5.41, 5.74) is 5.22. The molecule has 222 valence electrons. The third-order valence-electron chi connectivity index (χ3n) is 7.72. The summed E-state index contributed by atoms with van der Waals surface area (Å²) in [7, 11) is 3.36. The van der Waals surface area contributed by atoms with Gasteiger partial charge in [-0.05, 0) is 61.5 Å². The predicted octanol–water partition coefficient (Wildman–Crippen LogP) is 3.61. The second-order valence-electron chi connectivity index (χ2n) is 10.7. The van der Waals surface area contributed by atoms with Crippen LogP contribution in [0.25, 0.3) is 11.3 Å². The van der Waals surface area contributed by atoms with Gasteiger partial charge in [0.15, 0.2) is 0 Å². The van der Waals surface area contributed by atoms with Gasteiger partial charge in [-0.2, -0.15) is 0 Å². The van der Waals surface area contributed by atoms with Crippen molar-refractivity contribution in [1.82, 2.24) is 15.1 Å². The average Bonchev–Trinajstić information content (AvgIpc) is 3.34. The van der Waals surface area contributed by atoms with Crippen LogP contribution in [0.4, 0.5) is 11.4 Å². The third-order valence-corrected chi connectivity index (χ3v) is 7.72. The summed E-state index contributed by atoms with van der Waals surface area (Å²) in [6.45, 7) is 5.19. The zero-order valence-electron chi connectivity index (χ0n) is 24.5. The van der Waals surface area contributed by atoms with E-state index in [-0.39, 0.29) is 30.7 Å². The lowest BCUT2D eigenvalue weighted by Gasteiger charge is -2.32. The molecular formula is C33H35N5O5. The number of esters is 1. The number of fused-ring (bicyclic) bond motifs is 1. The minimum Gasteiger partial charge on any atom is -0.465 e. The summed E-state index contributed by atoms with van der Waals surface area (Å²) in [5, 5.41) is 9.09. The summed E-state index contributed by atoms with van der Waals surface area (Å²) >= 11 is 0. The Balaban J connectivity index is 1.33. The SMILES string of the molecule is COC(=O)c1cc2c(cc1C)/C(=C(/Nc1ccc(C(=O)NCCC(=O)N3CCN(C)CC3)cc1)c1ccccc1)C(=O)N2. The maximum absolute atomic E-state index is 13.3. The van der Waals surface area contributed by atoms with Crippen LogP contribution in [0.3, 0.4) is 0 Å². The number of piperazine rings is 1. The monoisotopic (exact) mass is 581 g/mol. The molecule has 0 spiro atoms. The van der Waals surface area contributed by atoms with Crippen molar-refractivity contribution in [2.24, 2.45) is 0 Å². The molecule has 0 radical (unpaired) electrons. The normalized spacial score (nSPS) is 15.8. The Morgan fingerprint density at radius 3 is 2.30 bits per heavy atom. The van der Waals surface area contributed by atoms with Gasteiger partial charge in [-0.1, -0.05) is 30.3 Å². The predicted molar refractivity (Wildman–Crippen MR) is 165 cm³/mol. The average molecular weight is 582 g/mol. The molecule has 2 aliphatic rings. The number of rotatable bonds is 8. The number of nitrogens with zero attached hydrogens (tertiary/aromatic N) is 2. The maximum atomic E-state index is 13.3. The van der Waals surface area contributed by atoms with E-state index in [0.717, 1.165) is 18.7 Å². The lowest BCUT2D eigenvalue weighted by atomic mass is 9.96. The smallest absolute Gasteiger partial charge is 0.338 e. The summed E-state index contributed by atoms with van der Waals surface area (Å²) in [5.74, 6) is -0.993. The first-order valence-corrected chi connectivity index (χ1v) is 14.2. The van der Waals surface area contributed by atoms with Crippen molar-refractivity contribution in [3.63, 3.8) is 0 Å². The third kappa shape index (κ3) is 6.60. The Bertz CT molecular complexity index is 1580. The van der Waals surface area contributed by atoms with Crippen molar-refractivity contribution in [3.8, 4) is 0 Å². The molecule has 2 aliphatic heterocycles. The van der Waals surface area contributed by atoms with E-state index >= 15 is 0 Å². The Morgan fingerprint density at radius 2 is 1.63 bits per heavy atom. The second kappa shape index (κ2) is 12.9. The molecule has 10 nitrogen and oxygen atoms in total. The van der Waals surface area contributed by atoms with Crippen LogP contribution in [-0.4, -0.2) is 80.4 Å². The van der Waals surface area contributed by atoms with Crippen LogP contribution in [0.1, 0.15) is 43.8 Å². The lowest BCUT2D eigenvalue weighted by molar-refractivity contribution is -0.132. The van der Waals surface area contributed by atoms with Gasteiger partial charge in [0.05, 0.1) is 29.6 Å². The molecule has 0 aliphatic carbocycles. The highest BCUT2D eigenvalue weighted by Gasteiger charge is 2.30. The van der Waals surface area contributed by atoms with Gasteiger partial charge in [-0.3, -0.25) is 14.4 Å². The lowest BCUT2D eigenvalue weighted by Crippen LogP contribution is -2.47. The van der Waals surface area contributed by atoms with E-state index in [9.17, 15) is 19.2 Å². The Hall–Kier alpha value is -4.96. The second-order valence-corrected chi connectivity index (χ2v) is 10.7. The van der Waals surface area contributed by atoms with Gasteiger partial charge in [0.25, 0.3) is 11.8 Å². The molecule has 43 heavy (non-hydrogen) atoms. The Kier molecular flexibility index (Phi) is 8.87. The van der Waals surface area contributed by atoms with Gasteiger partial charge in [0.2, 0.25) is 5.91 Å². The van der Waals surface area contributed by atoms with Crippen molar-refractivity contribution in [2.75, 3.05) is 57.5 Å². The van der Waals surface area contributed by atoms with Gasteiger partial charge in [-0.15, -0.1) is 0 Å². The van der Waals surface area contributed by atoms with Crippen molar-refractivity contribution in [2.45, 2.75) is 13.3 Å². The van der Waals surface area contributed by atoms with Gasteiger partial charge in [-0.25, -0.2) is 4.79 Å². The van der Waals surface area contributed by atoms with Crippen molar-refractivity contribution < 1.29 is 23.9 Å². The van der Waals surface area contributed by atoms with Crippen molar-refractivity contribution >= 4 is 46.3 Å². The summed E-state index contributed by atoms with van der Waals surface area (Å²) < 4.78 is 4.89. The molecule has 2 heterocycles. The number of hydrogen-bond acceptors (Lipinski definition) is 7. The van der Waals surface area contributed by atoms with Gasteiger partial charge in [0, 0.05) is 56.0 Å². The fourth-order valence-corrected chi connectivity index (χ4v) is 5.24. The van der Waals surface area contributed by atoms with Gasteiger partial charge in [0.1, 0.15) is 0 Å². The van der Waals surface area contributed by atoms with Crippen LogP contribution in [0.5, 0.6) is 0 Å². The van der Waals surface area contributed by atoms with Gasteiger partial charge < -0.3 is 30.5 Å². The van der Waals surface area contributed by atoms with E-state index in [1.807, 2.05) is 42.3 Å². The summed E-state index contributed by atoms with van der Waals surface area (Å²) in [6.07, 6.45) is 0.257. The fraction of sp³-hybridized carbons (Fsp3) is 0.273. The fourth-order valence-electron chi connectivity index (χ4n) is 5.24. The molecule has 0 saturated carbocycles. The number of aryl methyl sites for hydroxylation is 1. The number of carbonyl (C=O) groups is 4. The number of anilines is 2. The molecule has 3 aromatic rings. The quantitative estimate of drug-likeness (QED) is 0.275. The molecule has 0 bridgehead atoms. The van der Waals surface area contributed by atoms with E-state index in [2.05, 4.69) is 20.9 Å². The molecular weight excluding hydrogens is 546 g/mol. The largest absolute Gasteiger partial charge is 0.465 e. The standard InChI is InChI=1S/C33H35N5O5/c1-21-19-26-27(20-25(21)33(42)43-3)36-32(41)29(26)30(22-7-5-4-6-8-22)35-24-11-9-23(10-12-24)31(40)34-14-13-28(39)38-17-15-37(2)16-18-38/h4-12,19-20,35H,13-18H2,1-3H3,(H,34,40)(H,36,41)/b30-29-. The molecule has 1 fully saturated rings. The number of ether oxygens (including phenoxy) is 1. The van der Waals surface area contributed by atoms with E-state index in [4.69, 9.17) is 4.74 Å². The number of hydrogen-bond donors (Lipinski definition) is 3. The van der Waals surface area contributed by atoms with Crippen LogP contribution in [0, 0.1) is 6.92 Å². The van der Waals surface area contributed by atoms with Crippen LogP contribution in [0.2, 0.25) is 0 Å². The maximum Gasteiger partial charge on any atom is 0.338 e. The van der Waals surface area contributed by atoms with E-state index < -0.39 is 5.97 Å².